The second-order valence-corrected chi connectivity index (χ2v) is 13.7. The first kappa shape index (κ1) is 36.4. The first-order valence-corrected chi connectivity index (χ1v) is 19.0. The van der Waals surface area contributed by atoms with E-state index in [4.69, 9.17) is 0 Å². The highest BCUT2D eigenvalue weighted by atomic mass is 79.9. The number of aryl methyl sites for hydroxylation is 2. The van der Waals surface area contributed by atoms with Crippen molar-refractivity contribution in [2.75, 3.05) is 4.90 Å². The second-order valence-electron chi connectivity index (χ2n) is 12.8. The van der Waals surface area contributed by atoms with E-state index >= 15 is 0 Å². The molecule has 0 saturated heterocycles. The minimum absolute atomic E-state index is 1.04. The van der Waals surface area contributed by atoms with Crippen LogP contribution in [0, 0.1) is 13.8 Å². The molecule has 7 rings (SSSR count). The molecular formula is C50H46BrN. The summed E-state index contributed by atoms with van der Waals surface area (Å²) in [7, 11) is 0. The first-order chi connectivity index (χ1) is 25.4. The topological polar surface area (TPSA) is 3.24 Å². The lowest BCUT2D eigenvalue weighted by molar-refractivity contribution is 1.28. The number of hydrogen-bond acceptors (Lipinski definition) is 1. The van der Waals surface area contributed by atoms with Gasteiger partial charge in [0.2, 0.25) is 0 Å². The number of benzene rings is 7. The Balaban J connectivity index is 0.00000228. The van der Waals surface area contributed by atoms with Crippen LogP contribution < -0.4 is 4.90 Å². The van der Waals surface area contributed by atoms with Gasteiger partial charge in [0.1, 0.15) is 0 Å². The third-order valence-electron chi connectivity index (χ3n) is 9.45. The van der Waals surface area contributed by atoms with Gasteiger partial charge in [0, 0.05) is 21.5 Å². The number of halogens is 1. The predicted molar refractivity (Wildman–Crippen MR) is 231 cm³/mol. The summed E-state index contributed by atoms with van der Waals surface area (Å²) in [5.41, 5.74) is 15.8. The Morgan fingerprint density at radius 3 is 1.75 bits per heavy atom. The quantitative estimate of drug-likeness (QED) is 0.140. The summed E-state index contributed by atoms with van der Waals surface area (Å²) in [4.78, 5) is 2.32. The van der Waals surface area contributed by atoms with Crippen LogP contribution in [0.15, 0.2) is 180 Å². The monoisotopic (exact) mass is 739 g/mol. The van der Waals surface area contributed by atoms with Crippen molar-refractivity contribution in [3.05, 3.63) is 202 Å². The van der Waals surface area contributed by atoms with Crippen LogP contribution in [0.5, 0.6) is 0 Å². The van der Waals surface area contributed by atoms with Crippen molar-refractivity contribution in [2.45, 2.75) is 41.5 Å². The third-order valence-corrected chi connectivity index (χ3v) is 9.95. The van der Waals surface area contributed by atoms with Crippen molar-refractivity contribution in [3.63, 3.8) is 0 Å². The fourth-order valence-corrected chi connectivity index (χ4v) is 7.49. The average Bonchev–Trinajstić information content (AvgIpc) is 3.18. The Labute approximate surface area is 318 Å². The highest BCUT2D eigenvalue weighted by molar-refractivity contribution is 9.10. The minimum Gasteiger partial charge on any atom is -0.310 e. The van der Waals surface area contributed by atoms with Crippen molar-refractivity contribution >= 4 is 49.3 Å². The number of allylic oxidation sites excluding steroid dienone is 3. The Kier molecular flexibility index (Phi) is 11.7. The van der Waals surface area contributed by atoms with E-state index in [9.17, 15) is 0 Å². The van der Waals surface area contributed by atoms with Crippen LogP contribution in [0.25, 0.3) is 38.6 Å². The van der Waals surface area contributed by atoms with Gasteiger partial charge in [-0.15, -0.1) is 0 Å². The van der Waals surface area contributed by atoms with Gasteiger partial charge in [0.15, 0.2) is 0 Å². The number of hydrogen-bond donors (Lipinski definition) is 0. The van der Waals surface area contributed by atoms with E-state index in [0.717, 1.165) is 21.5 Å². The summed E-state index contributed by atoms with van der Waals surface area (Å²) in [5, 5.41) is 2.52. The summed E-state index contributed by atoms with van der Waals surface area (Å²) in [6.45, 7) is 12.8. The fraction of sp³-hybridized carbons (Fsp3) is 0.120. The average molecular weight is 741 g/mol. The molecule has 0 N–H and O–H groups in total. The molecular weight excluding hydrogens is 694 g/mol. The van der Waals surface area contributed by atoms with Gasteiger partial charge in [-0.1, -0.05) is 157 Å². The van der Waals surface area contributed by atoms with E-state index in [-0.39, 0.29) is 0 Å². The molecule has 1 nitrogen and oxygen atoms in total. The van der Waals surface area contributed by atoms with Crippen molar-refractivity contribution in [3.8, 4) is 22.3 Å². The molecule has 0 aliphatic rings. The largest absolute Gasteiger partial charge is 0.310 e. The van der Waals surface area contributed by atoms with Gasteiger partial charge in [0.05, 0.1) is 0 Å². The Hall–Kier alpha value is -5.44. The van der Waals surface area contributed by atoms with E-state index in [0.29, 0.717) is 0 Å². The molecule has 7 aromatic rings. The molecule has 258 valence electrons. The standard InChI is InChI=1S/C48H40BrN.C2H6/c1-5-14-34(3)47(43-20-10-9-15-33(43)2)48-35(4)31-46(44-21-11-12-22-45(44)48)38-25-29-41(30-26-38)50(42-19-13-18-39(49)32-42)40-27-23-37(24-28-40)36-16-7-6-8-17-36;1-2/h5-32H,1-4H3;1-2H3/b14-5-,47-34?;. The van der Waals surface area contributed by atoms with Gasteiger partial charge >= 0.3 is 0 Å². The normalized spacial score (nSPS) is 11.6. The Morgan fingerprint density at radius 1 is 0.538 bits per heavy atom. The first-order valence-electron chi connectivity index (χ1n) is 18.2. The lowest BCUT2D eigenvalue weighted by Gasteiger charge is -2.26. The Morgan fingerprint density at radius 2 is 1.12 bits per heavy atom. The molecule has 0 aliphatic heterocycles. The number of anilines is 3. The number of rotatable bonds is 8. The summed E-state index contributed by atoms with van der Waals surface area (Å²) in [5.74, 6) is 0. The van der Waals surface area contributed by atoms with Crippen molar-refractivity contribution in [2.24, 2.45) is 0 Å². The van der Waals surface area contributed by atoms with Crippen LogP contribution in [0.2, 0.25) is 0 Å². The zero-order valence-electron chi connectivity index (χ0n) is 31.0. The maximum atomic E-state index is 3.71. The van der Waals surface area contributed by atoms with Crippen LogP contribution in [-0.4, -0.2) is 0 Å². The molecule has 7 aromatic carbocycles. The van der Waals surface area contributed by atoms with E-state index in [1.54, 1.807) is 0 Å². The van der Waals surface area contributed by atoms with Crippen LogP contribution in [0.3, 0.4) is 0 Å². The minimum atomic E-state index is 1.04. The van der Waals surface area contributed by atoms with E-state index in [1.807, 2.05) is 13.8 Å². The number of nitrogens with zero attached hydrogens (tertiary/aromatic N) is 1. The molecule has 0 spiro atoms. The lowest BCUT2D eigenvalue weighted by Crippen LogP contribution is -2.09. The number of fused-ring (bicyclic) bond motifs is 1. The highest BCUT2D eigenvalue weighted by Crippen LogP contribution is 2.42. The van der Waals surface area contributed by atoms with Crippen molar-refractivity contribution in [1.29, 1.82) is 0 Å². The fourth-order valence-electron chi connectivity index (χ4n) is 7.10. The smallest absolute Gasteiger partial charge is 0.0472 e. The predicted octanol–water partition coefficient (Wildman–Crippen LogP) is 15.4. The molecule has 0 amide bonds. The molecule has 2 heteroatoms. The van der Waals surface area contributed by atoms with Crippen molar-refractivity contribution < 1.29 is 0 Å². The molecule has 52 heavy (non-hydrogen) atoms. The lowest BCUT2D eigenvalue weighted by atomic mass is 9.83. The van der Waals surface area contributed by atoms with Gasteiger partial charge in [0.25, 0.3) is 0 Å². The summed E-state index contributed by atoms with van der Waals surface area (Å²) >= 11 is 3.71. The molecule has 0 unspecified atom stereocenters. The SMILES string of the molecule is C/C=C\C(C)=C(c1ccccc1C)c1c(C)cc(-c2ccc(N(c3ccc(-c4ccccc4)cc3)c3cccc(Br)c3)cc2)c2ccccc12.CC. The zero-order valence-corrected chi connectivity index (χ0v) is 32.6. The summed E-state index contributed by atoms with van der Waals surface area (Å²) in [6.07, 6.45) is 4.37. The van der Waals surface area contributed by atoms with E-state index in [1.165, 1.54) is 66.4 Å². The van der Waals surface area contributed by atoms with Gasteiger partial charge in [-0.2, -0.15) is 0 Å². The second kappa shape index (κ2) is 16.7. The molecule has 0 saturated carbocycles. The van der Waals surface area contributed by atoms with E-state index < -0.39 is 0 Å². The highest BCUT2D eigenvalue weighted by Gasteiger charge is 2.19. The van der Waals surface area contributed by atoms with Crippen LogP contribution in [0.4, 0.5) is 17.1 Å². The van der Waals surface area contributed by atoms with Crippen molar-refractivity contribution in [1.82, 2.24) is 0 Å². The van der Waals surface area contributed by atoms with Gasteiger partial charge in [-0.05, 0) is 137 Å². The van der Waals surface area contributed by atoms with Crippen LogP contribution in [0.1, 0.15) is 49.9 Å². The maximum Gasteiger partial charge on any atom is 0.0472 e. The Bertz CT molecular complexity index is 2350. The van der Waals surface area contributed by atoms with Gasteiger partial charge < -0.3 is 4.90 Å². The molecule has 0 radical (unpaired) electrons. The van der Waals surface area contributed by atoms with Crippen LogP contribution in [-0.2, 0) is 0 Å². The van der Waals surface area contributed by atoms with Crippen LogP contribution >= 0.6 is 15.9 Å². The maximum absolute atomic E-state index is 3.71. The molecule has 0 bridgehead atoms. The molecule has 0 heterocycles. The molecule has 0 fully saturated rings. The van der Waals surface area contributed by atoms with E-state index in [2.05, 4.69) is 218 Å². The molecule has 0 aromatic heterocycles. The summed E-state index contributed by atoms with van der Waals surface area (Å²) < 4.78 is 1.04. The zero-order chi connectivity index (χ0) is 36.6. The molecule has 0 atom stereocenters. The van der Waals surface area contributed by atoms with Gasteiger partial charge in [-0.3, -0.25) is 0 Å². The van der Waals surface area contributed by atoms with Gasteiger partial charge in [-0.25, -0.2) is 0 Å². The third kappa shape index (κ3) is 7.59. The summed E-state index contributed by atoms with van der Waals surface area (Å²) in [6, 6.07) is 56.9. The molecule has 0 aliphatic carbocycles.